The number of hydrazone groups is 1. The molecule has 0 amide bonds. The minimum Gasteiger partial charge on any atom is -0.390 e. The second-order valence-electron chi connectivity index (χ2n) is 2.73. The van der Waals surface area contributed by atoms with E-state index in [1.807, 2.05) is 0 Å². The Hall–Kier alpha value is -2.99. The van der Waals surface area contributed by atoms with Crippen LogP contribution in [0.15, 0.2) is 5.10 Å². The molecule has 1 aromatic rings. The molecular weight excluding hydrogens is 238 g/mol. The van der Waals surface area contributed by atoms with Gasteiger partial charge in [0.25, 0.3) is 0 Å². The van der Waals surface area contributed by atoms with E-state index in [1.165, 1.54) is 0 Å². The standard InChI is InChI=1S/C4H3N9O4/c14-12(15)2-1-11(10-5-2)3-6-8-4(9-7-3)13(16)17/h10H,1H2. The van der Waals surface area contributed by atoms with E-state index < -0.39 is 15.8 Å². The summed E-state index contributed by atoms with van der Waals surface area (Å²) >= 11 is 0. The first-order valence-corrected chi connectivity index (χ1v) is 4.04. The molecule has 0 aromatic carbocycles. The van der Waals surface area contributed by atoms with E-state index in [-0.39, 0.29) is 18.3 Å². The highest BCUT2D eigenvalue weighted by atomic mass is 16.6. The number of nitrogens with zero attached hydrogens (tertiary/aromatic N) is 8. The van der Waals surface area contributed by atoms with Gasteiger partial charge in [-0.1, -0.05) is 0 Å². The van der Waals surface area contributed by atoms with Crippen LogP contribution in [-0.4, -0.2) is 42.6 Å². The zero-order valence-electron chi connectivity index (χ0n) is 7.92. The van der Waals surface area contributed by atoms with E-state index in [9.17, 15) is 20.2 Å². The van der Waals surface area contributed by atoms with Crippen molar-refractivity contribution in [2.24, 2.45) is 5.10 Å². The van der Waals surface area contributed by atoms with Crippen LogP contribution < -0.4 is 10.5 Å². The zero-order valence-corrected chi connectivity index (χ0v) is 7.92. The number of nitrogens with one attached hydrogen (secondary N) is 1. The van der Waals surface area contributed by atoms with Gasteiger partial charge >= 0.3 is 17.7 Å². The highest BCUT2D eigenvalue weighted by molar-refractivity contribution is 5.80. The molecule has 1 aliphatic rings. The van der Waals surface area contributed by atoms with Gasteiger partial charge in [0, 0.05) is 0 Å². The van der Waals surface area contributed by atoms with Crippen molar-refractivity contribution >= 4 is 17.7 Å². The van der Waals surface area contributed by atoms with Crippen molar-refractivity contribution in [3.8, 4) is 0 Å². The van der Waals surface area contributed by atoms with Crippen LogP contribution in [0.3, 0.4) is 0 Å². The number of amidine groups is 1. The number of nitro groups is 2. The lowest BCUT2D eigenvalue weighted by molar-refractivity contribution is -0.395. The van der Waals surface area contributed by atoms with E-state index >= 15 is 0 Å². The fraction of sp³-hybridized carbons (Fsp3) is 0.250. The summed E-state index contributed by atoms with van der Waals surface area (Å²) in [6.07, 6.45) is 0. The molecule has 0 saturated carbocycles. The molecule has 0 fully saturated rings. The van der Waals surface area contributed by atoms with Crippen molar-refractivity contribution in [3.63, 3.8) is 0 Å². The van der Waals surface area contributed by atoms with Crippen LogP contribution in [0.25, 0.3) is 0 Å². The molecule has 0 aliphatic carbocycles. The lowest BCUT2D eigenvalue weighted by Gasteiger charge is -2.06. The van der Waals surface area contributed by atoms with Crippen LogP contribution in [-0.2, 0) is 0 Å². The molecule has 0 spiro atoms. The van der Waals surface area contributed by atoms with Crippen molar-refractivity contribution in [2.45, 2.75) is 0 Å². The normalized spacial score (nSPS) is 14.1. The number of aromatic nitrogens is 4. The molecule has 0 saturated heterocycles. The smallest absolute Gasteiger partial charge is 0.390 e. The number of anilines is 1. The summed E-state index contributed by atoms with van der Waals surface area (Å²) in [5.74, 6) is -1.26. The molecule has 2 rings (SSSR count). The van der Waals surface area contributed by atoms with Gasteiger partial charge in [-0.3, -0.25) is 0 Å². The van der Waals surface area contributed by atoms with Crippen LogP contribution in [0.2, 0.25) is 0 Å². The van der Waals surface area contributed by atoms with Crippen LogP contribution in [0.1, 0.15) is 0 Å². The molecule has 1 aromatic heterocycles. The Labute approximate surface area is 91.4 Å². The van der Waals surface area contributed by atoms with Crippen molar-refractivity contribution in [1.82, 2.24) is 25.9 Å². The molecule has 2 heterocycles. The van der Waals surface area contributed by atoms with Crippen molar-refractivity contribution in [1.29, 1.82) is 0 Å². The van der Waals surface area contributed by atoms with E-state index in [2.05, 4.69) is 31.0 Å². The van der Waals surface area contributed by atoms with Gasteiger partial charge in [-0.25, -0.2) is 5.01 Å². The topological polar surface area (TPSA) is 165 Å². The summed E-state index contributed by atoms with van der Waals surface area (Å²) in [6.45, 7) is -0.200. The molecule has 17 heavy (non-hydrogen) atoms. The fourth-order valence-corrected chi connectivity index (χ4v) is 0.944. The average Bonchev–Trinajstić information content (AvgIpc) is 2.78. The Kier molecular flexibility index (Phi) is 2.40. The largest absolute Gasteiger partial charge is 0.513 e. The lowest BCUT2D eigenvalue weighted by atomic mass is 10.6. The predicted octanol–water partition coefficient (Wildman–Crippen LogP) is -1.91. The molecule has 0 bridgehead atoms. The van der Waals surface area contributed by atoms with Crippen LogP contribution in [0.4, 0.5) is 11.9 Å². The Bertz CT molecular complexity index is 496. The van der Waals surface area contributed by atoms with Gasteiger partial charge in [-0.2, -0.15) is 0 Å². The third-order valence-electron chi connectivity index (χ3n) is 1.67. The molecule has 1 aliphatic heterocycles. The monoisotopic (exact) mass is 241 g/mol. The first-order chi connectivity index (χ1) is 8.08. The highest BCUT2D eigenvalue weighted by Crippen LogP contribution is 2.06. The SMILES string of the molecule is O=[N+]([O-])C1=NNN(c2nnc([N+](=O)[O-])nn2)C1. The van der Waals surface area contributed by atoms with E-state index in [4.69, 9.17) is 0 Å². The van der Waals surface area contributed by atoms with Crippen molar-refractivity contribution in [2.75, 3.05) is 11.6 Å². The fourth-order valence-electron chi connectivity index (χ4n) is 0.944. The second kappa shape index (κ2) is 3.87. The summed E-state index contributed by atoms with van der Waals surface area (Å²) in [5, 5.41) is 38.1. The summed E-state index contributed by atoms with van der Waals surface area (Å²) in [4.78, 5) is 19.1. The van der Waals surface area contributed by atoms with Gasteiger partial charge in [0.2, 0.25) is 0 Å². The zero-order chi connectivity index (χ0) is 12.4. The maximum atomic E-state index is 10.4. The van der Waals surface area contributed by atoms with Crippen LogP contribution in [0, 0.1) is 20.2 Å². The molecule has 0 radical (unpaired) electrons. The van der Waals surface area contributed by atoms with Gasteiger partial charge in [-0.05, 0) is 20.0 Å². The minimum atomic E-state index is -0.861. The minimum absolute atomic E-state index is 0.156. The van der Waals surface area contributed by atoms with Gasteiger partial charge in [-0.15, -0.1) is 5.53 Å². The van der Waals surface area contributed by atoms with E-state index in [1.54, 1.807) is 0 Å². The number of hydrogen-bond donors (Lipinski definition) is 1. The second-order valence-corrected chi connectivity index (χ2v) is 2.73. The van der Waals surface area contributed by atoms with Crippen molar-refractivity contribution < 1.29 is 9.85 Å². The summed E-state index contributed by atoms with van der Waals surface area (Å²) in [6, 6.07) is 0. The Morgan fingerprint density at radius 3 is 2.24 bits per heavy atom. The van der Waals surface area contributed by atoms with Crippen molar-refractivity contribution in [3.05, 3.63) is 20.2 Å². The Morgan fingerprint density at radius 2 is 1.76 bits per heavy atom. The first kappa shape index (κ1) is 10.5. The lowest BCUT2D eigenvalue weighted by Crippen LogP contribution is -2.34. The highest BCUT2D eigenvalue weighted by Gasteiger charge is 2.30. The van der Waals surface area contributed by atoms with Gasteiger partial charge in [0.15, 0.2) is 6.54 Å². The summed E-state index contributed by atoms with van der Waals surface area (Å²) in [7, 11) is 0. The third-order valence-corrected chi connectivity index (χ3v) is 1.67. The Morgan fingerprint density at radius 1 is 1.12 bits per heavy atom. The predicted molar refractivity (Wildman–Crippen MR) is 49.2 cm³/mol. The summed E-state index contributed by atoms with van der Waals surface area (Å²) < 4.78 is 0. The van der Waals surface area contributed by atoms with Crippen LogP contribution in [0.5, 0.6) is 0 Å². The van der Waals surface area contributed by atoms with Gasteiger partial charge in [0.1, 0.15) is 0 Å². The third kappa shape index (κ3) is 2.01. The molecule has 0 atom stereocenters. The van der Waals surface area contributed by atoms with E-state index in [0.29, 0.717) is 0 Å². The molecular formula is C4H3N9O4. The molecule has 88 valence electrons. The molecule has 1 N–H and O–H groups in total. The Balaban J connectivity index is 2.11. The van der Waals surface area contributed by atoms with Gasteiger partial charge in [0.05, 0.1) is 15.3 Å². The van der Waals surface area contributed by atoms with E-state index in [0.717, 1.165) is 5.01 Å². The first-order valence-electron chi connectivity index (χ1n) is 4.04. The van der Waals surface area contributed by atoms with Crippen LogP contribution >= 0.6 is 0 Å². The number of hydrogen-bond acceptors (Lipinski definition) is 11. The molecule has 0 unspecified atom stereocenters. The number of hydrazine groups is 1. The maximum absolute atomic E-state index is 10.4. The summed E-state index contributed by atoms with van der Waals surface area (Å²) in [5.41, 5.74) is 2.26. The number of rotatable bonds is 2. The average molecular weight is 241 g/mol. The maximum Gasteiger partial charge on any atom is 0.513 e. The quantitative estimate of drug-likeness (QED) is 0.455. The molecule has 13 heteroatoms. The molecule has 13 nitrogen and oxygen atoms in total. The van der Waals surface area contributed by atoms with Gasteiger partial charge < -0.3 is 20.2 Å².